The van der Waals surface area contributed by atoms with Crippen LogP contribution in [0.5, 0.6) is 0 Å². The number of rotatable bonds is 4. The Morgan fingerprint density at radius 1 is 1.29 bits per heavy atom. The lowest BCUT2D eigenvalue weighted by Gasteiger charge is -2.09. The Morgan fingerprint density at radius 2 is 1.88 bits per heavy atom. The van der Waals surface area contributed by atoms with Gasteiger partial charge in [0, 0.05) is 6.54 Å². The van der Waals surface area contributed by atoms with E-state index in [0.717, 1.165) is 18.7 Å². The molecule has 0 aliphatic heterocycles. The van der Waals surface area contributed by atoms with E-state index in [1.807, 2.05) is 18.4 Å². The Morgan fingerprint density at radius 3 is 2.35 bits per heavy atom. The van der Waals surface area contributed by atoms with Crippen molar-refractivity contribution in [1.29, 1.82) is 0 Å². The van der Waals surface area contributed by atoms with Gasteiger partial charge in [0.1, 0.15) is 0 Å². The Kier molecular flexibility index (Phi) is 8.04. The fraction of sp³-hybridized carbons (Fsp3) is 0.417. The summed E-state index contributed by atoms with van der Waals surface area (Å²) < 4.78 is 0. The molecule has 0 aliphatic rings. The molecule has 3 nitrogen and oxygen atoms in total. The molecule has 5 heteroatoms. The molecule has 0 aromatic heterocycles. The van der Waals surface area contributed by atoms with Crippen molar-refractivity contribution in [3.8, 4) is 0 Å². The first-order valence-corrected chi connectivity index (χ1v) is 6.46. The van der Waals surface area contributed by atoms with E-state index in [2.05, 4.69) is 36.1 Å². The third-order valence-corrected chi connectivity index (χ3v) is 2.74. The third kappa shape index (κ3) is 6.56. The number of halogens is 1. The van der Waals surface area contributed by atoms with Crippen molar-refractivity contribution < 1.29 is 0 Å². The number of thioether (sulfide) groups is 1. The smallest absolute Gasteiger partial charge is 0.158 e. The number of hydrogen-bond acceptors (Lipinski definition) is 3. The van der Waals surface area contributed by atoms with Gasteiger partial charge in [0.25, 0.3) is 0 Å². The van der Waals surface area contributed by atoms with E-state index in [0.29, 0.717) is 5.17 Å². The minimum absolute atomic E-state index is 0. The molecule has 96 valence electrons. The SMILES string of the molecule is CSC(N)=Nc1ccc(CCN(C)C)cc1.Cl. The van der Waals surface area contributed by atoms with Gasteiger partial charge in [-0.25, -0.2) is 4.99 Å². The lowest BCUT2D eigenvalue weighted by Crippen LogP contribution is -2.14. The standard InChI is InChI=1S/C12H19N3S.ClH/c1-15(2)9-8-10-4-6-11(7-5-10)14-12(13)16-3;/h4-7H,8-9H2,1-3H3,(H2,13,14);1H. The summed E-state index contributed by atoms with van der Waals surface area (Å²) in [6.45, 7) is 1.07. The second-order valence-electron chi connectivity index (χ2n) is 3.87. The van der Waals surface area contributed by atoms with Crippen LogP contribution in [-0.2, 0) is 6.42 Å². The van der Waals surface area contributed by atoms with Crippen LogP contribution in [0, 0.1) is 0 Å². The molecule has 1 aromatic rings. The van der Waals surface area contributed by atoms with E-state index >= 15 is 0 Å². The summed E-state index contributed by atoms with van der Waals surface area (Å²) in [5, 5.41) is 0.598. The largest absolute Gasteiger partial charge is 0.378 e. The monoisotopic (exact) mass is 273 g/mol. The highest BCUT2D eigenvalue weighted by Gasteiger charge is 1.96. The van der Waals surface area contributed by atoms with Crippen LogP contribution in [-0.4, -0.2) is 37.0 Å². The van der Waals surface area contributed by atoms with Crippen molar-refractivity contribution in [3.63, 3.8) is 0 Å². The van der Waals surface area contributed by atoms with Crippen LogP contribution < -0.4 is 5.73 Å². The summed E-state index contributed by atoms with van der Waals surface area (Å²) >= 11 is 1.46. The maximum Gasteiger partial charge on any atom is 0.158 e. The lowest BCUT2D eigenvalue weighted by atomic mass is 10.1. The zero-order chi connectivity index (χ0) is 12.0. The third-order valence-electron chi connectivity index (χ3n) is 2.23. The molecular weight excluding hydrogens is 254 g/mol. The van der Waals surface area contributed by atoms with Crippen molar-refractivity contribution in [2.45, 2.75) is 6.42 Å². The van der Waals surface area contributed by atoms with Gasteiger partial charge in [-0.3, -0.25) is 0 Å². The van der Waals surface area contributed by atoms with Gasteiger partial charge in [-0.05, 0) is 44.5 Å². The topological polar surface area (TPSA) is 41.6 Å². The van der Waals surface area contributed by atoms with Crippen LogP contribution in [0.2, 0.25) is 0 Å². The molecule has 1 aromatic carbocycles. The summed E-state index contributed by atoms with van der Waals surface area (Å²) in [7, 11) is 4.16. The molecule has 0 amide bonds. The van der Waals surface area contributed by atoms with Crippen LogP contribution in [0.3, 0.4) is 0 Å². The van der Waals surface area contributed by atoms with Crippen molar-refractivity contribution in [2.75, 3.05) is 26.9 Å². The Bertz CT molecular complexity index is 349. The molecule has 1 rings (SSSR count). The number of benzene rings is 1. The lowest BCUT2D eigenvalue weighted by molar-refractivity contribution is 0.413. The fourth-order valence-electron chi connectivity index (χ4n) is 1.26. The molecule has 0 unspecified atom stereocenters. The van der Waals surface area contributed by atoms with E-state index in [9.17, 15) is 0 Å². The average molecular weight is 274 g/mol. The predicted octanol–water partition coefficient (Wildman–Crippen LogP) is 2.52. The van der Waals surface area contributed by atoms with Crippen LogP contribution >= 0.6 is 24.2 Å². The number of nitrogens with zero attached hydrogens (tertiary/aromatic N) is 2. The Labute approximate surface area is 114 Å². The van der Waals surface area contributed by atoms with Crippen molar-refractivity contribution in [1.82, 2.24) is 4.90 Å². The molecule has 0 fully saturated rings. The van der Waals surface area contributed by atoms with Gasteiger partial charge < -0.3 is 10.6 Å². The van der Waals surface area contributed by atoms with Crippen LogP contribution in [0.4, 0.5) is 5.69 Å². The van der Waals surface area contributed by atoms with Gasteiger partial charge in [0.2, 0.25) is 0 Å². The zero-order valence-corrected chi connectivity index (χ0v) is 12.1. The van der Waals surface area contributed by atoms with E-state index in [4.69, 9.17) is 5.73 Å². The molecule has 0 bridgehead atoms. The van der Waals surface area contributed by atoms with E-state index in [1.165, 1.54) is 17.3 Å². The van der Waals surface area contributed by atoms with E-state index in [-0.39, 0.29) is 12.4 Å². The van der Waals surface area contributed by atoms with Crippen LogP contribution in [0.25, 0.3) is 0 Å². The Hall–Kier alpha value is -0.710. The highest BCUT2D eigenvalue weighted by Crippen LogP contribution is 2.14. The van der Waals surface area contributed by atoms with Gasteiger partial charge in [0.05, 0.1) is 5.69 Å². The normalized spacial score (nSPS) is 11.4. The molecule has 0 aliphatic carbocycles. The molecule has 2 N–H and O–H groups in total. The predicted molar refractivity (Wildman–Crippen MR) is 80.7 cm³/mol. The second kappa shape index (κ2) is 8.39. The molecule has 0 spiro atoms. The number of nitrogens with two attached hydrogens (primary N) is 1. The van der Waals surface area contributed by atoms with E-state index in [1.54, 1.807) is 0 Å². The van der Waals surface area contributed by atoms with Gasteiger partial charge in [-0.15, -0.1) is 12.4 Å². The quantitative estimate of drug-likeness (QED) is 0.677. The van der Waals surface area contributed by atoms with Crippen molar-refractivity contribution in [3.05, 3.63) is 29.8 Å². The van der Waals surface area contributed by atoms with E-state index < -0.39 is 0 Å². The first-order chi connectivity index (χ1) is 7.61. The number of hydrogen-bond donors (Lipinski definition) is 1. The highest BCUT2D eigenvalue weighted by molar-refractivity contribution is 8.13. The number of aliphatic imine (C=N–C) groups is 1. The zero-order valence-electron chi connectivity index (χ0n) is 10.5. The van der Waals surface area contributed by atoms with Crippen LogP contribution in [0.1, 0.15) is 5.56 Å². The second-order valence-corrected chi connectivity index (χ2v) is 4.70. The van der Waals surface area contributed by atoms with Gasteiger partial charge >= 0.3 is 0 Å². The summed E-state index contributed by atoms with van der Waals surface area (Å²) in [5.41, 5.74) is 7.89. The van der Waals surface area contributed by atoms with Crippen LogP contribution in [0.15, 0.2) is 29.3 Å². The van der Waals surface area contributed by atoms with Gasteiger partial charge in [-0.2, -0.15) is 0 Å². The summed E-state index contributed by atoms with van der Waals surface area (Å²) in [4.78, 5) is 6.44. The number of likely N-dealkylation sites (N-methyl/N-ethyl adjacent to an activating group) is 1. The minimum atomic E-state index is 0. The maximum atomic E-state index is 5.65. The summed E-state index contributed by atoms with van der Waals surface area (Å²) in [5.74, 6) is 0. The minimum Gasteiger partial charge on any atom is -0.378 e. The summed E-state index contributed by atoms with van der Waals surface area (Å²) in [6, 6.07) is 8.23. The van der Waals surface area contributed by atoms with Gasteiger partial charge in [0.15, 0.2) is 5.17 Å². The fourth-order valence-corrected chi connectivity index (χ4v) is 1.46. The Balaban J connectivity index is 0.00000256. The molecule has 0 radical (unpaired) electrons. The van der Waals surface area contributed by atoms with Crippen molar-refractivity contribution in [2.24, 2.45) is 10.7 Å². The molecule has 0 atom stereocenters. The maximum absolute atomic E-state index is 5.65. The summed E-state index contributed by atoms with van der Waals surface area (Å²) in [6.07, 6.45) is 2.99. The highest BCUT2D eigenvalue weighted by atomic mass is 35.5. The first-order valence-electron chi connectivity index (χ1n) is 5.23. The van der Waals surface area contributed by atoms with Crippen molar-refractivity contribution >= 4 is 35.0 Å². The molecule has 0 heterocycles. The first kappa shape index (κ1) is 16.3. The molecule has 0 saturated carbocycles. The molecule has 17 heavy (non-hydrogen) atoms. The number of amidine groups is 1. The van der Waals surface area contributed by atoms with Gasteiger partial charge in [-0.1, -0.05) is 23.9 Å². The average Bonchev–Trinajstić information content (AvgIpc) is 2.28. The molecule has 0 saturated heterocycles. The molecular formula is C12H20ClN3S.